The van der Waals surface area contributed by atoms with Gasteiger partial charge in [-0.2, -0.15) is 0 Å². The van der Waals surface area contributed by atoms with Crippen LogP contribution in [0.5, 0.6) is 5.75 Å². The van der Waals surface area contributed by atoms with Crippen molar-refractivity contribution in [3.05, 3.63) is 59.7 Å². The van der Waals surface area contributed by atoms with Gasteiger partial charge in [0.2, 0.25) is 0 Å². The molecule has 0 N–H and O–H groups in total. The summed E-state index contributed by atoms with van der Waals surface area (Å²) in [6, 6.07) is 10.9. The lowest BCUT2D eigenvalue weighted by Gasteiger charge is -2.08. The minimum atomic E-state index is -0.870. The fourth-order valence-electron chi connectivity index (χ4n) is 1.37. The number of halogens is 2. The molecule has 0 saturated heterocycles. The molecule has 0 unspecified atom stereocenters. The van der Waals surface area contributed by atoms with Crippen LogP contribution in [0.15, 0.2) is 47.4 Å². The van der Waals surface area contributed by atoms with E-state index in [4.69, 9.17) is 4.74 Å². The summed E-state index contributed by atoms with van der Waals surface area (Å²) < 4.78 is 31.1. The van der Waals surface area contributed by atoms with Gasteiger partial charge in [0.25, 0.3) is 0 Å². The number of rotatable bonds is 3. The van der Waals surface area contributed by atoms with E-state index in [-0.39, 0.29) is 6.61 Å². The summed E-state index contributed by atoms with van der Waals surface area (Å²) in [6.07, 6.45) is 0. The van der Waals surface area contributed by atoms with Crippen LogP contribution in [0.25, 0.3) is 0 Å². The summed E-state index contributed by atoms with van der Waals surface area (Å²) in [7, 11) is 0. The van der Waals surface area contributed by atoms with Gasteiger partial charge in [0.1, 0.15) is 12.4 Å². The normalized spacial score (nSPS) is 10.3. The second-order valence-corrected chi connectivity index (χ2v) is 3.99. The molecular weight excluding hydrogens is 242 g/mol. The highest BCUT2D eigenvalue weighted by molar-refractivity contribution is 7.80. The molecule has 88 valence electrons. The maximum Gasteiger partial charge on any atom is 0.159 e. The second kappa shape index (κ2) is 5.19. The molecule has 0 aliphatic carbocycles. The van der Waals surface area contributed by atoms with E-state index in [1.54, 1.807) is 12.1 Å². The molecule has 0 fully saturated rings. The molecule has 0 aliphatic heterocycles. The molecule has 1 nitrogen and oxygen atoms in total. The third-order valence-corrected chi connectivity index (χ3v) is 2.61. The van der Waals surface area contributed by atoms with Gasteiger partial charge < -0.3 is 4.74 Å². The van der Waals surface area contributed by atoms with Crippen molar-refractivity contribution in [2.75, 3.05) is 0 Å². The summed E-state index contributed by atoms with van der Waals surface area (Å²) in [6.45, 7) is 0.175. The first-order valence-electron chi connectivity index (χ1n) is 5.01. The zero-order chi connectivity index (χ0) is 12.3. The smallest absolute Gasteiger partial charge is 0.159 e. The number of para-hydroxylation sites is 1. The van der Waals surface area contributed by atoms with E-state index >= 15 is 0 Å². The first-order valence-corrected chi connectivity index (χ1v) is 5.46. The summed E-state index contributed by atoms with van der Waals surface area (Å²) in [5.41, 5.74) is 0.570. The number of hydrogen-bond donors (Lipinski definition) is 1. The number of ether oxygens (including phenoxy) is 1. The molecule has 4 heteroatoms. The minimum absolute atomic E-state index is 0.175. The Kier molecular flexibility index (Phi) is 3.64. The molecule has 0 saturated carbocycles. The second-order valence-electron chi connectivity index (χ2n) is 3.50. The Morgan fingerprint density at radius 2 is 1.76 bits per heavy atom. The molecule has 2 rings (SSSR count). The lowest BCUT2D eigenvalue weighted by atomic mass is 10.2. The van der Waals surface area contributed by atoms with E-state index < -0.39 is 11.6 Å². The lowest BCUT2D eigenvalue weighted by molar-refractivity contribution is 0.298. The molecule has 0 heterocycles. The maximum atomic E-state index is 12.9. The molecule has 0 atom stereocenters. The third-order valence-electron chi connectivity index (χ3n) is 2.24. The minimum Gasteiger partial charge on any atom is -0.488 e. The number of thiol groups is 1. The van der Waals surface area contributed by atoms with E-state index in [0.29, 0.717) is 16.2 Å². The van der Waals surface area contributed by atoms with Gasteiger partial charge in [-0.15, -0.1) is 12.6 Å². The Balaban J connectivity index is 2.08. The van der Waals surface area contributed by atoms with Gasteiger partial charge in [-0.1, -0.05) is 18.2 Å². The molecule has 0 aromatic heterocycles. The highest BCUT2D eigenvalue weighted by Crippen LogP contribution is 2.22. The van der Waals surface area contributed by atoms with Crippen LogP contribution in [0.1, 0.15) is 5.56 Å². The van der Waals surface area contributed by atoms with Crippen molar-refractivity contribution in [2.24, 2.45) is 0 Å². The van der Waals surface area contributed by atoms with Crippen molar-refractivity contribution >= 4 is 12.6 Å². The van der Waals surface area contributed by atoms with Crippen LogP contribution in [0.3, 0.4) is 0 Å². The van der Waals surface area contributed by atoms with Gasteiger partial charge in [0, 0.05) is 4.90 Å². The molecule has 0 aliphatic rings. The van der Waals surface area contributed by atoms with Gasteiger partial charge in [-0.3, -0.25) is 0 Å². The topological polar surface area (TPSA) is 9.23 Å². The number of hydrogen-bond acceptors (Lipinski definition) is 2. The fraction of sp³-hybridized carbons (Fsp3) is 0.0769. The molecule has 0 radical (unpaired) electrons. The SMILES string of the molecule is Fc1ccc(COc2ccccc2S)cc1F. The summed E-state index contributed by atoms with van der Waals surface area (Å²) in [5.74, 6) is -1.12. The summed E-state index contributed by atoms with van der Waals surface area (Å²) >= 11 is 4.22. The first kappa shape index (κ1) is 11.9. The van der Waals surface area contributed by atoms with E-state index in [0.717, 1.165) is 12.1 Å². The molecule has 0 spiro atoms. The van der Waals surface area contributed by atoms with Crippen molar-refractivity contribution in [3.63, 3.8) is 0 Å². The predicted molar refractivity (Wildman–Crippen MR) is 64.4 cm³/mol. The monoisotopic (exact) mass is 252 g/mol. The summed E-state index contributed by atoms with van der Waals surface area (Å²) in [4.78, 5) is 0.704. The molecular formula is C13H10F2OS. The molecule has 17 heavy (non-hydrogen) atoms. The molecule has 2 aromatic rings. The van der Waals surface area contributed by atoms with Gasteiger partial charge in [-0.25, -0.2) is 8.78 Å². The Morgan fingerprint density at radius 1 is 1.00 bits per heavy atom. The van der Waals surface area contributed by atoms with Gasteiger partial charge >= 0.3 is 0 Å². The predicted octanol–water partition coefficient (Wildman–Crippen LogP) is 3.83. The van der Waals surface area contributed by atoms with Crippen LogP contribution < -0.4 is 4.74 Å². The van der Waals surface area contributed by atoms with Crippen molar-refractivity contribution in [2.45, 2.75) is 11.5 Å². The van der Waals surface area contributed by atoms with E-state index in [9.17, 15) is 8.78 Å². The van der Waals surface area contributed by atoms with Crippen molar-refractivity contribution in [1.82, 2.24) is 0 Å². The highest BCUT2D eigenvalue weighted by atomic mass is 32.1. The largest absolute Gasteiger partial charge is 0.488 e. The highest BCUT2D eigenvalue weighted by Gasteiger charge is 2.04. The molecule has 0 amide bonds. The Morgan fingerprint density at radius 3 is 2.47 bits per heavy atom. The maximum absolute atomic E-state index is 12.9. The lowest BCUT2D eigenvalue weighted by Crippen LogP contribution is -1.97. The third kappa shape index (κ3) is 2.97. The zero-order valence-corrected chi connectivity index (χ0v) is 9.75. The van der Waals surface area contributed by atoms with Crippen molar-refractivity contribution in [3.8, 4) is 5.75 Å². The number of benzene rings is 2. The Labute approximate surface area is 103 Å². The van der Waals surface area contributed by atoms with Crippen LogP contribution in [0, 0.1) is 11.6 Å². The average Bonchev–Trinajstić information content (AvgIpc) is 2.32. The fourth-order valence-corrected chi connectivity index (χ4v) is 1.59. The van der Waals surface area contributed by atoms with Crippen molar-refractivity contribution < 1.29 is 13.5 Å². The van der Waals surface area contributed by atoms with Crippen molar-refractivity contribution in [1.29, 1.82) is 0 Å². The Hall–Kier alpha value is -1.55. The van der Waals surface area contributed by atoms with Crippen LogP contribution in [0.2, 0.25) is 0 Å². The molecule has 0 bridgehead atoms. The van der Waals surface area contributed by atoms with Crippen LogP contribution >= 0.6 is 12.6 Å². The standard InChI is InChI=1S/C13H10F2OS/c14-10-6-5-9(7-11(10)15)8-16-12-3-1-2-4-13(12)17/h1-7,17H,8H2. The average molecular weight is 252 g/mol. The van der Waals surface area contributed by atoms with Gasteiger partial charge in [0.15, 0.2) is 11.6 Å². The van der Waals surface area contributed by atoms with Crippen LogP contribution in [-0.4, -0.2) is 0 Å². The Bertz CT molecular complexity index is 529. The van der Waals surface area contributed by atoms with Gasteiger partial charge in [-0.05, 0) is 29.8 Å². The zero-order valence-electron chi connectivity index (χ0n) is 8.86. The van der Waals surface area contributed by atoms with Gasteiger partial charge in [0.05, 0.1) is 0 Å². The first-order chi connectivity index (χ1) is 8.16. The van der Waals surface area contributed by atoms with Crippen LogP contribution in [0.4, 0.5) is 8.78 Å². The molecule has 2 aromatic carbocycles. The van der Waals surface area contributed by atoms with E-state index in [2.05, 4.69) is 12.6 Å². The summed E-state index contributed by atoms with van der Waals surface area (Å²) in [5, 5.41) is 0. The van der Waals surface area contributed by atoms with Crippen LogP contribution in [-0.2, 0) is 6.61 Å². The van der Waals surface area contributed by atoms with E-state index in [1.807, 2.05) is 12.1 Å². The van der Waals surface area contributed by atoms with E-state index in [1.165, 1.54) is 6.07 Å². The quantitative estimate of drug-likeness (QED) is 0.817.